The van der Waals surface area contributed by atoms with E-state index < -0.39 is 6.10 Å². The van der Waals surface area contributed by atoms with Crippen molar-refractivity contribution in [2.24, 2.45) is 0 Å². The zero-order chi connectivity index (χ0) is 13.5. The maximum Gasteiger partial charge on any atom is 0.125 e. The Balaban J connectivity index is 2.01. The maximum absolute atomic E-state index is 10.3. The summed E-state index contributed by atoms with van der Waals surface area (Å²) < 4.78 is 5.54. The molecule has 2 aromatic rings. The highest BCUT2D eigenvalue weighted by atomic mass is 16.5. The third-order valence-electron chi connectivity index (χ3n) is 3.01. The second kappa shape index (κ2) is 6.90. The molecule has 3 heteroatoms. The lowest BCUT2D eigenvalue weighted by molar-refractivity contribution is 0.162. The van der Waals surface area contributed by atoms with Gasteiger partial charge in [0.2, 0.25) is 0 Å². The number of aliphatic hydroxyl groups excluding tert-OH is 1. The monoisotopic (exact) mass is 257 g/mol. The summed E-state index contributed by atoms with van der Waals surface area (Å²) in [4.78, 5) is 4.08. The van der Waals surface area contributed by atoms with Crippen molar-refractivity contribution < 1.29 is 9.84 Å². The van der Waals surface area contributed by atoms with Gasteiger partial charge in [0, 0.05) is 18.0 Å². The lowest BCUT2D eigenvalue weighted by atomic mass is 10.0. The second-order valence-corrected chi connectivity index (χ2v) is 4.39. The molecule has 100 valence electrons. The fraction of sp³-hybridized carbons (Fsp3) is 0.312. The summed E-state index contributed by atoms with van der Waals surface area (Å²) >= 11 is 0. The molecule has 0 saturated carbocycles. The van der Waals surface area contributed by atoms with Crippen LogP contribution in [0, 0.1) is 0 Å². The van der Waals surface area contributed by atoms with E-state index in [9.17, 15) is 5.11 Å². The van der Waals surface area contributed by atoms with Gasteiger partial charge in [0.05, 0.1) is 12.7 Å². The molecule has 0 aliphatic rings. The molecule has 1 heterocycles. The Hall–Kier alpha value is -1.87. The van der Waals surface area contributed by atoms with Gasteiger partial charge in [-0.3, -0.25) is 4.98 Å². The zero-order valence-corrected chi connectivity index (χ0v) is 11.1. The number of ether oxygens (including phenoxy) is 1. The minimum Gasteiger partial charge on any atom is -0.493 e. The molecular weight excluding hydrogens is 238 g/mol. The summed E-state index contributed by atoms with van der Waals surface area (Å²) in [5, 5.41) is 10.3. The van der Waals surface area contributed by atoms with Gasteiger partial charge in [-0.15, -0.1) is 0 Å². The Kier molecular flexibility index (Phi) is 4.93. The minimum atomic E-state index is -0.511. The Labute approximate surface area is 113 Å². The molecule has 0 bridgehead atoms. The van der Waals surface area contributed by atoms with Crippen molar-refractivity contribution in [3.8, 4) is 5.75 Å². The number of pyridine rings is 1. The van der Waals surface area contributed by atoms with E-state index in [1.54, 1.807) is 6.20 Å². The van der Waals surface area contributed by atoms with Gasteiger partial charge in [0.15, 0.2) is 0 Å². The smallest absolute Gasteiger partial charge is 0.125 e. The first-order valence-electron chi connectivity index (χ1n) is 6.60. The van der Waals surface area contributed by atoms with Crippen LogP contribution in [0.2, 0.25) is 0 Å². The van der Waals surface area contributed by atoms with Gasteiger partial charge in [-0.1, -0.05) is 24.3 Å². The van der Waals surface area contributed by atoms with Crippen molar-refractivity contribution in [3.05, 3.63) is 59.9 Å². The summed E-state index contributed by atoms with van der Waals surface area (Å²) in [5.74, 6) is 0.767. The molecule has 1 unspecified atom stereocenters. The number of aryl methyl sites for hydroxylation is 1. The average Bonchev–Trinajstić information content (AvgIpc) is 2.47. The molecule has 0 aliphatic carbocycles. The quantitative estimate of drug-likeness (QED) is 0.864. The largest absolute Gasteiger partial charge is 0.493 e. The fourth-order valence-electron chi connectivity index (χ4n) is 2.05. The van der Waals surface area contributed by atoms with Crippen LogP contribution >= 0.6 is 0 Å². The summed E-state index contributed by atoms with van der Waals surface area (Å²) in [7, 11) is 0. The van der Waals surface area contributed by atoms with Crippen LogP contribution in [-0.2, 0) is 6.42 Å². The molecule has 1 N–H and O–H groups in total. The van der Waals surface area contributed by atoms with Gasteiger partial charge in [0.1, 0.15) is 5.75 Å². The van der Waals surface area contributed by atoms with E-state index in [4.69, 9.17) is 4.74 Å². The molecule has 2 rings (SSSR count). The van der Waals surface area contributed by atoms with Crippen molar-refractivity contribution >= 4 is 0 Å². The maximum atomic E-state index is 10.3. The van der Waals surface area contributed by atoms with Crippen LogP contribution in [0.15, 0.2) is 48.8 Å². The normalized spacial score (nSPS) is 12.1. The van der Waals surface area contributed by atoms with Crippen LogP contribution < -0.4 is 4.74 Å². The van der Waals surface area contributed by atoms with E-state index in [-0.39, 0.29) is 0 Å². The Morgan fingerprint density at radius 3 is 2.79 bits per heavy atom. The number of rotatable bonds is 6. The first-order valence-corrected chi connectivity index (χ1v) is 6.60. The first-order chi connectivity index (χ1) is 9.31. The Morgan fingerprint density at radius 2 is 2.05 bits per heavy atom. The molecule has 0 amide bonds. The number of benzene rings is 1. The molecule has 0 saturated heterocycles. The molecule has 1 aromatic heterocycles. The first kappa shape index (κ1) is 13.6. The predicted octanol–water partition coefficient (Wildman–Crippen LogP) is 3.15. The Bertz CT molecular complexity index is 499. The van der Waals surface area contributed by atoms with E-state index in [2.05, 4.69) is 4.98 Å². The molecular formula is C16H19NO2. The van der Waals surface area contributed by atoms with Crippen LogP contribution in [0.5, 0.6) is 5.75 Å². The van der Waals surface area contributed by atoms with E-state index in [1.807, 2.05) is 49.5 Å². The van der Waals surface area contributed by atoms with Crippen molar-refractivity contribution in [3.63, 3.8) is 0 Å². The van der Waals surface area contributed by atoms with Crippen LogP contribution in [-0.4, -0.2) is 16.7 Å². The van der Waals surface area contributed by atoms with Crippen LogP contribution in [0.1, 0.15) is 30.6 Å². The lowest BCUT2D eigenvalue weighted by Gasteiger charge is -2.15. The molecule has 3 nitrogen and oxygen atoms in total. The molecule has 0 radical (unpaired) electrons. The predicted molar refractivity (Wildman–Crippen MR) is 75.1 cm³/mol. The third-order valence-corrected chi connectivity index (χ3v) is 3.01. The fourth-order valence-corrected chi connectivity index (χ4v) is 2.05. The zero-order valence-electron chi connectivity index (χ0n) is 11.1. The van der Waals surface area contributed by atoms with Crippen molar-refractivity contribution in [2.45, 2.75) is 25.9 Å². The standard InChI is InChI=1S/C16H19NO2/c1-2-19-16-8-4-3-7-14(16)15(18)10-9-13-6-5-11-17-12-13/h3-8,11-12,15,18H,2,9-10H2,1H3. The molecule has 1 aromatic carbocycles. The van der Waals surface area contributed by atoms with Gasteiger partial charge in [-0.25, -0.2) is 0 Å². The van der Waals surface area contributed by atoms with E-state index in [0.717, 1.165) is 23.3 Å². The molecule has 0 fully saturated rings. The summed E-state index contributed by atoms with van der Waals surface area (Å²) in [5.41, 5.74) is 1.99. The number of hydrogen-bond acceptors (Lipinski definition) is 3. The van der Waals surface area contributed by atoms with Crippen LogP contribution in [0.25, 0.3) is 0 Å². The number of aromatic nitrogens is 1. The number of para-hydroxylation sites is 1. The summed E-state index contributed by atoms with van der Waals surface area (Å²) in [6.45, 7) is 2.55. The van der Waals surface area contributed by atoms with Crippen molar-refractivity contribution in [2.75, 3.05) is 6.61 Å². The number of aliphatic hydroxyl groups is 1. The summed E-state index contributed by atoms with van der Waals surface area (Å²) in [6, 6.07) is 11.6. The highest BCUT2D eigenvalue weighted by molar-refractivity contribution is 5.35. The van der Waals surface area contributed by atoms with Crippen molar-refractivity contribution in [1.82, 2.24) is 4.98 Å². The third kappa shape index (κ3) is 3.80. The molecule has 19 heavy (non-hydrogen) atoms. The molecule has 0 spiro atoms. The number of nitrogens with zero attached hydrogens (tertiary/aromatic N) is 1. The average molecular weight is 257 g/mol. The van der Waals surface area contributed by atoms with E-state index in [0.29, 0.717) is 13.0 Å². The van der Waals surface area contributed by atoms with Gasteiger partial charge in [0.25, 0.3) is 0 Å². The van der Waals surface area contributed by atoms with Gasteiger partial charge < -0.3 is 9.84 Å². The Morgan fingerprint density at radius 1 is 1.21 bits per heavy atom. The van der Waals surface area contributed by atoms with E-state index in [1.165, 1.54) is 0 Å². The van der Waals surface area contributed by atoms with Gasteiger partial charge >= 0.3 is 0 Å². The molecule has 1 atom stereocenters. The topological polar surface area (TPSA) is 42.4 Å². The van der Waals surface area contributed by atoms with Crippen LogP contribution in [0.4, 0.5) is 0 Å². The van der Waals surface area contributed by atoms with Gasteiger partial charge in [-0.05, 0) is 37.5 Å². The second-order valence-electron chi connectivity index (χ2n) is 4.39. The minimum absolute atomic E-state index is 0.511. The van der Waals surface area contributed by atoms with Crippen LogP contribution in [0.3, 0.4) is 0 Å². The van der Waals surface area contributed by atoms with Gasteiger partial charge in [-0.2, -0.15) is 0 Å². The highest BCUT2D eigenvalue weighted by Crippen LogP contribution is 2.27. The lowest BCUT2D eigenvalue weighted by Crippen LogP contribution is -2.04. The molecule has 0 aliphatic heterocycles. The highest BCUT2D eigenvalue weighted by Gasteiger charge is 2.12. The SMILES string of the molecule is CCOc1ccccc1C(O)CCc1cccnc1. The number of hydrogen-bond donors (Lipinski definition) is 1. The van der Waals surface area contributed by atoms with E-state index >= 15 is 0 Å². The summed E-state index contributed by atoms with van der Waals surface area (Å²) in [6.07, 6.45) is 4.54. The van der Waals surface area contributed by atoms with Crippen molar-refractivity contribution in [1.29, 1.82) is 0 Å².